The molecule has 0 amide bonds. The summed E-state index contributed by atoms with van der Waals surface area (Å²) in [5.41, 5.74) is 2.26. The molecule has 0 unspecified atom stereocenters. The van der Waals surface area contributed by atoms with Crippen LogP contribution in [0.2, 0.25) is 0 Å². The van der Waals surface area contributed by atoms with E-state index in [0.717, 1.165) is 57.5 Å². The van der Waals surface area contributed by atoms with Crippen LogP contribution in [-0.4, -0.2) is 87.3 Å². The summed E-state index contributed by atoms with van der Waals surface area (Å²) in [5.74, 6) is 1.13. The number of hydrogen-bond donors (Lipinski definition) is 2. The first kappa shape index (κ1) is 29.9. The molecule has 0 saturated carbocycles. The second-order valence-corrected chi connectivity index (χ2v) is 9.68. The van der Waals surface area contributed by atoms with Gasteiger partial charge in [-0.15, -0.1) is 0 Å². The van der Waals surface area contributed by atoms with E-state index in [-0.39, 0.29) is 12.4 Å². The molecule has 0 atom stereocenters. The predicted octanol–water partition coefficient (Wildman–Crippen LogP) is 4.09. The molecule has 0 aromatic heterocycles. The Labute approximate surface area is 230 Å². The van der Waals surface area contributed by atoms with Gasteiger partial charge in [0.2, 0.25) is 5.75 Å². The average Bonchev–Trinajstić information content (AvgIpc) is 2.95. The van der Waals surface area contributed by atoms with E-state index >= 15 is 0 Å². The first-order valence-electron chi connectivity index (χ1n) is 12.9. The normalized spacial score (nSPS) is 14.3. The minimum atomic E-state index is -0.211. The van der Waals surface area contributed by atoms with Crippen LogP contribution < -0.4 is 19.5 Å². The fourth-order valence-electron chi connectivity index (χ4n) is 4.69. The summed E-state index contributed by atoms with van der Waals surface area (Å²) in [6, 6.07) is 8.60. The second-order valence-electron chi connectivity index (χ2n) is 9.29. The lowest BCUT2D eigenvalue weighted by Gasteiger charge is -2.38. The van der Waals surface area contributed by atoms with E-state index in [1.165, 1.54) is 12.1 Å². The van der Waals surface area contributed by atoms with Crippen molar-refractivity contribution in [2.75, 3.05) is 66.5 Å². The van der Waals surface area contributed by atoms with Gasteiger partial charge in [-0.3, -0.25) is 0 Å². The van der Waals surface area contributed by atoms with E-state index in [4.69, 9.17) is 31.2 Å². The molecule has 0 spiro atoms. The molecule has 2 N–H and O–H groups in total. The first-order chi connectivity index (χ1) is 18.4. The monoisotopic (exact) mass is 549 g/mol. The van der Waals surface area contributed by atoms with Crippen LogP contribution in [0.4, 0.5) is 10.1 Å². The van der Waals surface area contributed by atoms with Crippen molar-refractivity contribution in [3.8, 4) is 17.2 Å². The second kappa shape index (κ2) is 15.1. The maximum atomic E-state index is 13.0. The van der Waals surface area contributed by atoms with Gasteiger partial charge >= 0.3 is 0 Å². The van der Waals surface area contributed by atoms with Gasteiger partial charge in [-0.05, 0) is 61.7 Å². The summed E-state index contributed by atoms with van der Waals surface area (Å²) in [5, 5.41) is 13.8. The minimum Gasteiger partial charge on any atom is -0.493 e. The van der Waals surface area contributed by atoms with Gasteiger partial charge in [0, 0.05) is 44.9 Å². The highest BCUT2D eigenvalue weighted by molar-refractivity contribution is 7.80. The van der Waals surface area contributed by atoms with Gasteiger partial charge in [0.1, 0.15) is 5.82 Å². The van der Waals surface area contributed by atoms with Gasteiger partial charge in [-0.1, -0.05) is 12.1 Å². The number of likely N-dealkylation sites (tertiary alicyclic amines) is 1. The number of aliphatic hydroxyl groups is 1. The zero-order valence-electron chi connectivity index (χ0n) is 22.8. The molecule has 1 aliphatic heterocycles. The zero-order chi connectivity index (χ0) is 27.5. The summed E-state index contributed by atoms with van der Waals surface area (Å²) in [6.45, 7) is 4.14. The van der Waals surface area contributed by atoms with Crippen molar-refractivity contribution >= 4 is 23.0 Å². The highest BCUT2D eigenvalue weighted by Crippen LogP contribution is 2.45. The molecule has 1 fully saturated rings. The Morgan fingerprint density at radius 3 is 2.37 bits per heavy atom. The van der Waals surface area contributed by atoms with E-state index < -0.39 is 0 Å². The summed E-state index contributed by atoms with van der Waals surface area (Å²) in [4.78, 5) is 4.55. The van der Waals surface area contributed by atoms with Crippen LogP contribution in [0.5, 0.6) is 17.2 Å². The van der Waals surface area contributed by atoms with E-state index in [1.54, 1.807) is 39.5 Å². The molecule has 0 radical (unpaired) electrons. The Hall–Kier alpha value is -2.66. The molecule has 1 saturated heterocycles. The van der Waals surface area contributed by atoms with Gasteiger partial charge in [0.25, 0.3) is 0 Å². The van der Waals surface area contributed by atoms with E-state index in [1.807, 2.05) is 7.05 Å². The smallest absolute Gasteiger partial charge is 0.205 e. The summed E-state index contributed by atoms with van der Waals surface area (Å²) in [6.07, 6.45) is 3.77. The zero-order valence-corrected chi connectivity index (χ0v) is 23.6. The molecule has 210 valence electrons. The molecule has 3 rings (SSSR count). The molecule has 0 aliphatic carbocycles. The number of anilines is 1. The quantitative estimate of drug-likeness (QED) is 0.284. The molecule has 2 aromatic rings. The van der Waals surface area contributed by atoms with Crippen LogP contribution in [-0.2, 0) is 17.8 Å². The van der Waals surface area contributed by atoms with Crippen molar-refractivity contribution in [3.63, 3.8) is 0 Å². The van der Waals surface area contributed by atoms with Crippen molar-refractivity contribution in [1.29, 1.82) is 0 Å². The number of hydrogen-bond acceptors (Lipinski definition) is 7. The number of benzene rings is 2. The Morgan fingerprint density at radius 2 is 1.76 bits per heavy atom. The molecular formula is C28H40FN3O5S. The molecule has 2 aromatic carbocycles. The van der Waals surface area contributed by atoms with Gasteiger partial charge in [0.15, 0.2) is 16.6 Å². The minimum absolute atomic E-state index is 0.209. The van der Waals surface area contributed by atoms with Crippen LogP contribution >= 0.6 is 12.2 Å². The number of nitrogens with one attached hydrogen (secondary N) is 1. The SMILES string of the molecule is COc1cc(CO)c(NC(=S)N(C)C2CCN(CCCOCCc3ccc(F)cc3)CC2)c(OC)c1OC. The third-order valence-corrected chi connectivity index (χ3v) is 7.34. The lowest BCUT2D eigenvalue weighted by Crippen LogP contribution is -2.47. The van der Waals surface area contributed by atoms with E-state index in [2.05, 4.69) is 15.1 Å². The molecule has 1 heterocycles. The number of thiocarbonyl (C=S) groups is 1. The van der Waals surface area contributed by atoms with Gasteiger partial charge in [-0.2, -0.15) is 0 Å². The van der Waals surface area contributed by atoms with Crippen molar-refractivity contribution < 1.29 is 28.4 Å². The number of nitrogens with zero attached hydrogens (tertiary/aromatic N) is 2. The number of methoxy groups -OCH3 is 3. The van der Waals surface area contributed by atoms with Crippen LogP contribution in [0.15, 0.2) is 30.3 Å². The Morgan fingerprint density at radius 1 is 1.08 bits per heavy atom. The van der Waals surface area contributed by atoms with E-state index in [9.17, 15) is 9.50 Å². The molecule has 1 aliphatic rings. The third kappa shape index (κ3) is 7.92. The van der Waals surface area contributed by atoms with Gasteiger partial charge in [0.05, 0.1) is 40.2 Å². The van der Waals surface area contributed by atoms with Crippen LogP contribution in [0.3, 0.4) is 0 Å². The van der Waals surface area contributed by atoms with Crippen molar-refractivity contribution in [3.05, 3.63) is 47.3 Å². The number of aliphatic hydroxyl groups excluding tert-OH is 1. The lowest BCUT2D eigenvalue weighted by molar-refractivity contribution is 0.111. The van der Waals surface area contributed by atoms with Crippen molar-refractivity contribution in [1.82, 2.24) is 9.80 Å². The summed E-state index contributed by atoms with van der Waals surface area (Å²) >= 11 is 5.73. The Bertz CT molecular complexity index is 1030. The summed E-state index contributed by atoms with van der Waals surface area (Å²) < 4.78 is 35.2. The fourth-order valence-corrected chi connectivity index (χ4v) is 4.94. The standard InChI is InChI=1S/C28H40FN3O5S/c1-31(28(38)30-25-21(19-33)18-24(34-2)26(35-3)27(25)36-4)23-10-14-32(15-11-23)13-5-16-37-17-12-20-6-8-22(29)9-7-20/h6-9,18,23,33H,5,10-17,19H2,1-4H3,(H,30,38). The molecule has 10 heteroatoms. The molecule has 8 nitrogen and oxygen atoms in total. The molecular weight excluding hydrogens is 509 g/mol. The van der Waals surface area contributed by atoms with Crippen molar-refractivity contribution in [2.45, 2.75) is 38.3 Å². The maximum Gasteiger partial charge on any atom is 0.205 e. The Balaban J connectivity index is 1.43. The van der Waals surface area contributed by atoms with Crippen molar-refractivity contribution in [2.24, 2.45) is 0 Å². The first-order valence-corrected chi connectivity index (χ1v) is 13.3. The predicted molar refractivity (Wildman–Crippen MR) is 151 cm³/mol. The number of halogens is 1. The Kier molecular flexibility index (Phi) is 11.8. The molecule has 38 heavy (non-hydrogen) atoms. The average molecular weight is 550 g/mol. The fraction of sp³-hybridized carbons (Fsp3) is 0.536. The maximum absolute atomic E-state index is 13.0. The number of ether oxygens (including phenoxy) is 4. The lowest BCUT2D eigenvalue weighted by atomic mass is 10.0. The summed E-state index contributed by atoms with van der Waals surface area (Å²) in [7, 11) is 6.62. The highest BCUT2D eigenvalue weighted by atomic mass is 32.1. The molecule has 0 bridgehead atoms. The topological polar surface area (TPSA) is 75.7 Å². The van der Waals surface area contributed by atoms with Gasteiger partial charge in [-0.25, -0.2) is 4.39 Å². The van der Waals surface area contributed by atoms with Gasteiger partial charge < -0.3 is 39.2 Å². The highest BCUT2D eigenvalue weighted by Gasteiger charge is 2.26. The number of piperidine rings is 1. The largest absolute Gasteiger partial charge is 0.493 e. The van der Waals surface area contributed by atoms with E-state index in [0.29, 0.717) is 46.3 Å². The van der Waals surface area contributed by atoms with Crippen LogP contribution in [0.25, 0.3) is 0 Å². The third-order valence-electron chi connectivity index (χ3n) is 6.95. The number of rotatable bonds is 13. The van der Waals surface area contributed by atoms with Crippen LogP contribution in [0.1, 0.15) is 30.4 Å². The van der Waals surface area contributed by atoms with Crippen LogP contribution in [0, 0.1) is 5.82 Å².